The number of aromatic nitrogens is 1. The van der Waals surface area contributed by atoms with Crippen molar-refractivity contribution in [2.24, 2.45) is 5.16 Å². The third-order valence-corrected chi connectivity index (χ3v) is 2.80. The molecule has 0 radical (unpaired) electrons. The van der Waals surface area contributed by atoms with Crippen molar-refractivity contribution >= 4 is 11.7 Å². The van der Waals surface area contributed by atoms with Gasteiger partial charge in [0.25, 0.3) is 0 Å². The Hall–Kier alpha value is -2.69. The number of hydrogen-bond acceptors (Lipinski definition) is 5. The maximum absolute atomic E-state index is 11.7. The zero-order valence-corrected chi connectivity index (χ0v) is 11.9. The first kappa shape index (κ1) is 14.7. The van der Waals surface area contributed by atoms with Crippen LogP contribution in [0.5, 0.6) is 5.75 Å². The van der Waals surface area contributed by atoms with Crippen molar-refractivity contribution in [3.63, 3.8) is 0 Å². The Morgan fingerprint density at radius 2 is 1.95 bits per heavy atom. The largest absolute Gasteiger partial charge is 0.496 e. The maximum atomic E-state index is 11.7. The van der Waals surface area contributed by atoms with Crippen LogP contribution < -0.4 is 4.74 Å². The monoisotopic (exact) mass is 284 g/mol. The van der Waals surface area contributed by atoms with Gasteiger partial charge in [-0.15, -0.1) is 0 Å². The smallest absolute Gasteiger partial charge is 0.383 e. The lowest BCUT2D eigenvalue weighted by molar-refractivity contribution is 0.0508. The van der Waals surface area contributed by atoms with Gasteiger partial charge in [0.05, 0.1) is 12.8 Å². The second kappa shape index (κ2) is 7.19. The molecule has 1 aromatic heterocycles. The van der Waals surface area contributed by atoms with Gasteiger partial charge >= 0.3 is 5.97 Å². The summed E-state index contributed by atoms with van der Waals surface area (Å²) >= 11 is 0. The van der Waals surface area contributed by atoms with Crippen LogP contribution >= 0.6 is 0 Å². The summed E-state index contributed by atoms with van der Waals surface area (Å²) in [6, 6.07) is 12.7. The van der Waals surface area contributed by atoms with E-state index in [4.69, 9.17) is 9.57 Å². The fourth-order valence-corrected chi connectivity index (χ4v) is 1.81. The molecule has 0 bridgehead atoms. The number of rotatable bonds is 5. The van der Waals surface area contributed by atoms with E-state index in [1.165, 1.54) is 6.20 Å². The van der Waals surface area contributed by atoms with Crippen LogP contribution in [-0.4, -0.2) is 23.8 Å². The first-order valence-corrected chi connectivity index (χ1v) is 6.48. The van der Waals surface area contributed by atoms with Crippen LogP contribution in [0.25, 0.3) is 0 Å². The van der Waals surface area contributed by atoms with E-state index in [0.29, 0.717) is 12.1 Å². The Kier molecular flexibility index (Phi) is 5.04. The van der Waals surface area contributed by atoms with Crippen LogP contribution in [0, 0.1) is 0 Å². The van der Waals surface area contributed by atoms with Gasteiger partial charge in [0, 0.05) is 12.6 Å². The highest BCUT2D eigenvalue weighted by Gasteiger charge is 2.08. The van der Waals surface area contributed by atoms with Crippen molar-refractivity contribution < 1.29 is 14.4 Å². The SMILES string of the molecule is COc1ccccc1C/C(C)=N/OC(=O)c1ccccn1. The van der Waals surface area contributed by atoms with Gasteiger partial charge in [-0.2, -0.15) is 0 Å². The minimum atomic E-state index is -0.574. The van der Waals surface area contributed by atoms with Gasteiger partial charge in [-0.1, -0.05) is 29.4 Å². The molecular formula is C16H16N2O3. The van der Waals surface area contributed by atoms with Gasteiger partial charge in [0.15, 0.2) is 5.69 Å². The maximum Gasteiger partial charge on any atom is 0.383 e. The van der Waals surface area contributed by atoms with Crippen LogP contribution in [0.2, 0.25) is 0 Å². The highest BCUT2D eigenvalue weighted by molar-refractivity contribution is 5.89. The number of hydrogen-bond donors (Lipinski definition) is 0. The molecule has 2 rings (SSSR count). The number of carbonyl (C=O) groups is 1. The van der Waals surface area contributed by atoms with E-state index in [1.54, 1.807) is 32.2 Å². The van der Waals surface area contributed by atoms with Crippen molar-refractivity contribution in [2.75, 3.05) is 7.11 Å². The summed E-state index contributed by atoms with van der Waals surface area (Å²) in [4.78, 5) is 20.5. The van der Waals surface area contributed by atoms with Crippen molar-refractivity contribution in [1.29, 1.82) is 0 Å². The average molecular weight is 284 g/mol. The van der Waals surface area contributed by atoms with Crippen LogP contribution in [-0.2, 0) is 11.3 Å². The quantitative estimate of drug-likeness (QED) is 0.481. The Morgan fingerprint density at radius 1 is 1.19 bits per heavy atom. The van der Waals surface area contributed by atoms with Crippen LogP contribution in [0.1, 0.15) is 23.0 Å². The topological polar surface area (TPSA) is 60.8 Å². The van der Waals surface area contributed by atoms with Crippen molar-refractivity contribution in [3.8, 4) is 5.75 Å². The van der Waals surface area contributed by atoms with Crippen molar-refractivity contribution in [1.82, 2.24) is 4.98 Å². The van der Waals surface area contributed by atoms with E-state index in [-0.39, 0.29) is 5.69 Å². The number of pyridine rings is 1. The molecule has 5 nitrogen and oxygen atoms in total. The first-order chi connectivity index (χ1) is 10.2. The van der Waals surface area contributed by atoms with E-state index in [9.17, 15) is 4.79 Å². The molecule has 0 saturated heterocycles. The van der Waals surface area contributed by atoms with Crippen molar-refractivity contribution in [3.05, 3.63) is 59.9 Å². The van der Waals surface area contributed by atoms with Crippen molar-refractivity contribution in [2.45, 2.75) is 13.3 Å². The molecule has 108 valence electrons. The molecule has 0 fully saturated rings. The van der Waals surface area contributed by atoms with Gasteiger partial charge in [-0.05, 0) is 30.7 Å². The fourth-order valence-electron chi connectivity index (χ4n) is 1.81. The molecule has 1 aromatic carbocycles. The molecule has 2 aromatic rings. The summed E-state index contributed by atoms with van der Waals surface area (Å²) in [5, 5.41) is 3.84. The summed E-state index contributed by atoms with van der Waals surface area (Å²) in [6.07, 6.45) is 2.07. The molecule has 0 spiro atoms. The lowest BCUT2D eigenvalue weighted by atomic mass is 10.1. The summed E-state index contributed by atoms with van der Waals surface area (Å²) in [6.45, 7) is 1.79. The minimum absolute atomic E-state index is 0.228. The first-order valence-electron chi connectivity index (χ1n) is 6.48. The van der Waals surface area contributed by atoms with Gasteiger partial charge in [-0.3, -0.25) is 0 Å². The van der Waals surface area contributed by atoms with E-state index >= 15 is 0 Å². The van der Waals surface area contributed by atoms with Gasteiger partial charge in [-0.25, -0.2) is 9.78 Å². The number of carbonyl (C=O) groups excluding carboxylic acids is 1. The van der Waals surface area contributed by atoms with Crippen LogP contribution in [0.4, 0.5) is 0 Å². The zero-order valence-electron chi connectivity index (χ0n) is 11.9. The molecule has 0 atom stereocenters. The second-order valence-corrected chi connectivity index (χ2v) is 4.41. The molecule has 0 saturated carbocycles. The minimum Gasteiger partial charge on any atom is -0.496 e. The van der Waals surface area contributed by atoms with E-state index in [1.807, 2.05) is 24.3 Å². The summed E-state index contributed by atoms with van der Waals surface area (Å²) in [5.74, 6) is 0.207. The average Bonchev–Trinajstić information content (AvgIpc) is 2.54. The number of oxime groups is 1. The second-order valence-electron chi connectivity index (χ2n) is 4.41. The molecule has 0 aliphatic rings. The number of para-hydroxylation sites is 1. The molecule has 5 heteroatoms. The summed E-state index contributed by atoms with van der Waals surface area (Å²) in [7, 11) is 1.62. The number of methoxy groups -OCH3 is 1. The predicted octanol–water partition coefficient (Wildman–Crippen LogP) is 2.87. The lowest BCUT2D eigenvalue weighted by Crippen LogP contribution is -2.06. The zero-order chi connectivity index (χ0) is 15.1. The molecule has 0 aliphatic heterocycles. The fraction of sp³-hybridized carbons (Fsp3) is 0.188. The highest BCUT2D eigenvalue weighted by atomic mass is 16.7. The molecule has 0 unspecified atom stereocenters. The van der Waals surface area contributed by atoms with Gasteiger partial charge in [0.1, 0.15) is 5.75 Å². The van der Waals surface area contributed by atoms with Crippen LogP contribution in [0.15, 0.2) is 53.8 Å². The highest BCUT2D eigenvalue weighted by Crippen LogP contribution is 2.18. The predicted molar refractivity (Wildman–Crippen MR) is 79.5 cm³/mol. The number of ether oxygens (including phenoxy) is 1. The summed E-state index contributed by atoms with van der Waals surface area (Å²) < 4.78 is 5.27. The molecule has 21 heavy (non-hydrogen) atoms. The number of benzene rings is 1. The Bertz CT molecular complexity index is 639. The normalized spacial score (nSPS) is 11.0. The third-order valence-electron chi connectivity index (χ3n) is 2.80. The lowest BCUT2D eigenvalue weighted by Gasteiger charge is -2.07. The van der Waals surface area contributed by atoms with E-state index < -0.39 is 5.97 Å². The van der Waals surface area contributed by atoms with E-state index in [2.05, 4.69) is 10.1 Å². The molecule has 0 aliphatic carbocycles. The third kappa shape index (κ3) is 4.14. The number of nitrogens with zero attached hydrogens (tertiary/aromatic N) is 2. The molecular weight excluding hydrogens is 268 g/mol. The van der Waals surface area contributed by atoms with E-state index in [0.717, 1.165) is 11.3 Å². The Balaban J connectivity index is 2.00. The molecule has 0 amide bonds. The Labute approximate surface area is 123 Å². The standard InChI is InChI=1S/C16H16N2O3/c1-12(11-13-7-3-4-9-15(13)20-2)18-21-16(19)14-8-5-6-10-17-14/h3-10H,11H2,1-2H3/b18-12+. The Morgan fingerprint density at radius 3 is 2.67 bits per heavy atom. The van der Waals surface area contributed by atoms with Crippen LogP contribution in [0.3, 0.4) is 0 Å². The molecule has 1 heterocycles. The van der Waals surface area contributed by atoms with Gasteiger partial charge in [0.2, 0.25) is 0 Å². The summed E-state index contributed by atoms with van der Waals surface area (Å²) in [5.41, 5.74) is 1.88. The molecule has 0 N–H and O–H groups in total. The van der Waals surface area contributed by atoms with Gasteiger partial charge < -0.3 is 9.57 Å².